The maximum Gasteiger partial charge on any atom is 0.264 e. The number of sulfonamides is 1. The van der Waals surface area contributed by atoms with Gasteiger partial charge in [-0.05, 0) is 70.5 Å². The van der Waals surface area contributed by atoms with Crippen molar-refractivity contribution in [1.29, 1.82) is 0 Å². The number of rotatable bonds is 10. The zero-order chi connectivity index (χ0) is 28.9. The lowest BCUT2D eigenvalue weighted by atomic mass is 10.1. The van der Waals surface area contributed by atoms with E-state index in [-0.39, 0.29) is 28.7 Å². The van der Waals surface area contributed by atoms with Gasteiger partial charge in [0.15, 0.2) is 0 Å². The summed E-state index contributed by atoms with van der Waals surface area (Å²) >= 11 is 6.33. The second-order valence-corrected chi connectivity index (χ2v) is 11.9. The Hall–Kier alpha value is -3.43. The molecular formula is C29H33ClFN3O4S. The summed E-state index contributed by atoms with van der Waals surface area (Å²) < 4.78 is 43.4. The number of hydrogen-bond acceptors (Lipinski definition) is 4. The first-order chi connectivity index (χ1) is 18.3. The van der Waals surface area contributed by atoms with E-state index < -0.39 is 40.2 Å². The van der Waals surface area contributed by atoms with Gasteiger partial charge in [0.05, 0.1) is 10.6 Å². The van der Waals surface area contributed by atoms with Crippen molar-refractivity contribution in [2.75, 3.05) is 10.8 Å². The average molecular weight is 574 g/mol. The van der Waals surface area contributed by atoms with Crippen LogP contribution >= 0.6 is 11.6 Å². The van der Waals surface area contributed by atoms with Crippen LogP contribution in [0.5, 0.6) is 0 Å². The quantitative estimate of drug-likeness (QED) is 0.360. The Balaban J connectivity index is 2.09. The van der Waals surface area contributed by atoms with Gasteiger partial charge in [-0.2, -0.15) is 0 Å². The van der Waals surface area contributed by atoms with Crippen molar-refractivity contribution >= 4 is 39.1 Å². The Morgan fingerprint density at radius 3 is 2.21 bits per heavy atom. The third-order valence-electron chi connectivity index (χ3n) is 6.29. The molecule has 0 heterocycles. The number of hydrogen-bond donors (Lipinski definition) is 1. The molecule has 0 aliphatic heterocycles. The molecule has 1 N–H and O–H groups in total. The minimum Gasteiger partial charge on any atom is -0.352 e. The van der Waals surface area contributed by atoms with Gasteiger partial charge in [0.1, 0.15) is 18.4 Å². The summed E-state index contributed by atoms with van der Waals surface area (Å²) in [6.07, 6.45) is 0. The van der Waals surface area contributed by atoms with Crippen LogP contribution in [0.25, 0.3) is 0 Å². The van der Waals surface area contributed by atoms with Gasteiger partial charge in [-0.25, -0.2) is 12.8 Å². The normalized spacial score (nSPS) is 12.2. The van der Waals surface area contributed by atoms with Crippen molar-refractivity contribution in [3.63, 3.8) is 0 Å². The van der Waals surface area contributed by atoms with Crippen molar-refractivity contribution in [3.05, 3.63) is 94.3 Å². The summed E-state index contributed by atoms with van der Waals surface area (Å²) in [5, 5.41) is 3.10. The zero-order valence-corrected chi connectivity index (χ0v) is 24.2. The Labute approximate surface area is 234 Å². The molecule has 3 aromatic carbocycles. The molecule has 0 saturated heterocycles. The fourth-order valence-corrected chi connectivity index (χ4v) is 5.66. The lowest BCUT2D eigenvalue weighted by Gasteiger charge is -2.33. The van der Waals surface area contributed by atoms with Crippen LogP contribution in [-0.4, -0.2) is 43.8 Å². The Morgan fingerprint density at radius 2 is 1.59 bits per heavy atom. The van der Waals surface area contributed by atoms with Crippen LogP contribution < -0.4 is 9.62 Å². The molecule has 39 heavy (non-hydrogen) atoms. The van der Waals surface area contributed by atoms with E-state index in [0.29, 0.717) is 10.6 Å². The van der Waals surface area contributed by atoms with Crippen LogP contribution in [0.15, 0.2) is 71.6 Å². The molecule has 2 amide bonds. The van der Waals surface area contributed by atoms with E-state index in [4.69, 9.17) is 11.6 Å². The molecule has 0 aliphatic rings. The first-order valence-corrected chi connectivity index (χ1v) is 14.3. The maximum atomic E-state index is 14.6. The van der Waals surface area contributed by atoms with E-state index in [1.807, 2.05) is 6.92 Å². The van der Waals surface area contributed by atoms with Crippen LogP contribution in [-0.2, 0) is 26.2 Å². The zero-order valence-electron chi connectivity index (χ0n) is 22.6. The van der Waals surface area contributed by atoms with Gasteiger partial charge in [-0.15, -0.1) is 0 Å². The molecule has 0 bridgehead atoms. The number of halogens is 2. The summed E-state index contributed by atoms with van der Waals surface area (Å²) in [7, 11) is -4.23. The standard InChI is InChI=1S/C29H33ClFN3O4S/c1-19(2)32-29(36)22(5)33(17-23-9-6-7-11-26(23)31)28(35)18-34(27-12-8-10-25(30)21(27)4)39(37,38)24-15-13-20(3)14-16-24/h6-16,19,22H,17-18H2,1-5H3,(H,32,36). The summed E-state index contributed by atoms with van der Waals surface area (Å²) in [4.78, 5) is 28.0. The van der Waals surface area contributed by atoms with E-state index in [9.17, 15) is 22.4 Å². The molecule has 0 saturated carbocycles. The van der Waals surface area contributed by atoms with Crippen molar-refractivity contribution in [3.8, 4) is 0 Å². The lowest BCUT2D eigenvalue weighted by molar-refractivity contribution is -0.139. The number of aryl methyl sites for hydroxylation is 1. The Morgan fingerprint density at radius 1 is 0.949 bits per heavy atom. The fraction of sp³-hybridized carbons (Fsp3) is 0.310. The van der Waals surface area contributed by atoms with E-state index in [1.165, 1.54) is 42.2 Å². The van der Waals surface area contributed by atoms with Gasteiger partial charge in [-0.3, -0.25) is 13.9 Å². The molecule has 208 valence electrons. The van der Waals surface area contributed by atoms with Crippen LogP contribution in [0.4, 0.5) is 10.1 Å². The van der Waals surface area contributed by atoms with Gasteiger partial charge in [-0.1, -0.05) is 53.6 Å². The molecule has 0 aromatic heterocycles. The highest BCUT2D eigenvalue weighted by Crippen LogP contribution is 2.31. The summed E-state index contributed by atoms with van der Waals surface area (Å²) in [5.74, 6) is -1.66. The predicted octanol–water partition coefficient (Wildman–Crippen LogP) is 5.23. The lowest BCUT2D eigenvalue weighted by Crippen LogP contribution is -2.52. The van der Waals surface area contributed by atoms with Crippen LogP contribution in [0.2, 0.25) is 5.02 Å². The number of anilines is 1. The number of nitrogens with one attached hydrogen (secondary N) is 1. The molecule has 7 nitrogen and oxygen atoms in total. The second kappa shape index (κ2) is 12.6. The largest absolute Gasteiger partial charge is 0.352 e. The van der Waals surface area contributed by atoms with Gasteiger partial charge >= 0.3 is 0 Å². The number of amides is 2. The topological polar surface area (TPSA) is 86.8 Å². The third kappa shape index (κ3) is 7.16. The number of nitrogens with zero attached hydrogens (tertiary/aromatic N) is 2. The summed E-state index contributed by atoms with van der Waals surface area (Å²) in [6.45, 7) is 7.73. The van der Waals surface area contributed by atoms with Crippen molar-refractivity contribution < 1.29 is 22.4 Å². The summed E-state index contributed by atoms with van der Waals surface area (Å²) in [6, 6.07) is 15.8. The number of benzene rings is 3. The highest BCUT2D eigenvalue weighted by Gasteiger charge is 2.33. The number of carbonyl (C=O) groups is 2. The van der Waals surface area contributed by atoms with Crippen LogP contribution in [0.1, 0.15) is 37.5 Å². The Kier molecular flexibility index (Phi) is 9.74. The Bertz CT molecular complexity index is 1450. The van der Waals surface area contributed by atoms with Gasteiger partial charge in [0.2, 0.25) is 11.8 Å². The first-order valence-electron chi connectivity index (χ1n) is 12.5. The van der Waals surface area contributed by atoms with Crippen molar-refractivity contribution in [1.82, 2.24) is 10.2 Å². The van der Waals surface area contributed by atoms with Gasteiger partial charge in [0, 0.05) is 23.2 Å². The highest BCUT2D eigenvalue weighted by atomic mass is 35.5. The second-order valence-electron chi connectivity index (χ2n) is 9.66. The highest BCUT2D eigenvalue weighted by molar-refractivity contribution is 7.92. The number of carbonyl (C=O) groups excluding carboxylic acids is 2. The molecule has 0 fully saturated rings. The van der Waals surface area contributed by atoms with Crippen molar-refractivity contribution in [2.24, 2.45) is 0 Å². The van der Waals surface area contributed by atoms with Crippen molar-refractivity contribution in [2.45, 2.75) is 58.1 Å². The predicted molar refractivity (Wildman–Crippen MR) is 152 cm³/mol. The maximum absolute atomic E-state index is 14.6. The summed E-state index contributed by atoms with van der Waals surface area (Å²) in [5.41, 5.74) is 1.76. The third-order valence-corrected chi connectivity index (χ3v) is 8.48. The molecule has 1 unspecified atom stereocenters. The van der Waals surface area contributed by atoms with E-state index in [1.54, 1.807) is 57.2 Å². The molecule has 3 aromatic rings. The molecule has 0 spiro atoms. The first kappa shape index (κ1) is 30.1. The molecule has 1 atom stereocenters. The molecule has 0 aliphatic carbocycles. The van der Waals surface area contributed by atoms with Gasteiger partial charge < -0.3 is 10.2 Å². The fourth-order valence-electron chi connectivity index (χ4n) is 4.01. The van der Waals surface area contributed by atoms with E-state index >= 15 is 0 Å². The molecule has 0 radical (unpaired) electrons. The SMILES string of the molecule is Cc1ccc(S(=O)(=O)N(CC(=O)N(Cc2ccccc2F)C(C)C(=O)NC(C)C)c2cccc(Cl)c2C)cc1. The van der Waals surface area contributed by atoms with Gasteiger partial charge in [0.25, 0.3) is 10.0 Å². The van der Waals surface area contributed by atoms with Crippen LogP contribution in [0.3, 0.4) is 0 Å². The average Bonchev–Trinajstić information content (AvgIpc) is 2.88. The minimum atomic E-state index is -4.23. The molecular weight excluding hydrogens is 541 g/mol. The van der Waals surface area contributed by atoms with Crippen LogP contribution in [0, 0.1) is 19.7 Å². The molecule has 3 rings (SSSR count). The van der Waals surface area contributed by atoms with E-state index in [0.717, 1.165) is 9.87 Å². The minimum absolute atomic E-state index is 0.00784. The molecule has 10 heteroatoms. The van der Waals surface area contributed by atoms with E-state index in [2.05, 4.69) is 5.32 Å². The smallest absolute Gasteiger partial charge is 0.264 e. The monoisotopic (exact) mass is 573 g/mol.